The van der Waals surface area contributed by atoms with E-state index >= 15 is 0 Å². The van der Waals surface area contributed by atoms with Crippen LogP contribution >= 0.6 is 0 Å². The molecule has 26 heavy (non-hydrogen) atoms. The molecule has 0 aliphatic carbocycles. The summed E-state index contributed by atoms with van der Waals surface area (Å²) >= 11 is 0. The molecule has 3 rings (SSSR count). The maximum atomic E-state index is 13.3. The highest BCUT2D eigenvalue weighted by Crippen LogP contribution is 2.38. The summed E-state index contributed by atoms with van der Waals surface area (Å²) in [6, 6.07) is 8.99. The lowest BCUT2D eigenvalue weighted by Gasteiger charge is -2.14. The Labute approximate surface area is 144 Å². The van der Waals surface area contributed by atoms with Crippen molar-refractivity contribution in [2.45, 2.75) is 12.4 Å². The summed E-state index contributed by atoms with van der Waals surface area (Å²) in [6.07, 6.45) is -9.13. The van der Waals surface area contributed by atoms with Crippen molar-refractivity contribution in [2.24, 2.45) is 0 Å². The van der Waals surface area contributed by atoms with Crippen molar-refractivity contribution in [3.05, 3.63) is 59.7 Å². The summed E-state index contributed by atoms with van der Waals surface area (Å²) in [6.45, 7) is 0. The molecule has 136 valence electrons. The first-order valence-electron chi connectivity index (χ1n) is 7.34. The van der Waals surface area contributed by atoms with Crippen LogP contribution < -0.4 is 4.74 Å². The number of hydrogen-bond donors (Lipinski definition) is 0. The molecule has 1 aromatic heterocycles. The Bertz CT molecular complexity index is 945. The molecule has 0 bridgehead atoms. The fraction of sp³-hybridized carbons (Fsp3) is 0.167. The molecular formula is C18H11F6NO. The molecule has 0 radical (unpaired) electrons. The van der Waals surface area contributed by atoms with Crippen LogP contribution in [0, 0.1) is 0 Å². The molecule has 0 atom stereocenters. The number of para-hydroxylation sites is 1. The standard InChI is InChI=1S/C18H11F6NO/c1-26-15-9-14(10-5-7-11(8-6-10)17(19,20)21)25-16-12(15)3-2-4-13(16)18(22,23)24/h2-9H,1H3. The van der Waals surface area contributed by atoms with Gasteiger partial charge in [0.2, 0.25) is 0 Å². The second kappa shape index (κ2) is 6.19. The Hall–Kier alpha value is -2.77. The number of pyridine rings is 1. The molecule has 0 aliphatic rings. The summed E-state index contributed by atoms with van der Waals surface area (Å²) in [7, 11) is 1.30. The summed E-state index contributed by atoms with van der Waals surface area (Å²) in [5.74, 6) is 0.149. The van der Waals surface area contributed by atoms with Gasteiger partial charge in [0, 0.05) is 17.0 Å². The van der Waals surface area contributed by atoms with Crippen molar-refractivity contribution in [3.8, 4) is 17.0 Å². The van der Waals surface area contributed by atoms with Gasteiger partial charge in [0.05, 0.1) is 29.4 Å². The predicted octanol–water partition coefficient (Wildman–Crippen LogP) is 5.95. The highest BCUT2D eigenvalue weighted by atomic mass is 19.4. The van der Waals surface area contributed by atoms with E-state index in [0.717, 1.165) is 30.3 Å². The van der Waals surface area contributed by atoms with E-state index in [9.17, 15) is 26.3 Å². The Morgan fingerprint density at radius 1 is 0.846 bits per heavy atom. The van der Waals surface area contributed by atoms with Crippen molar-refractivity contribution >= 4 is 10.9 Å². The fourth-order valence-corrected chi connectivity index (χ4v) is 2.59. The largest absolute Gasteiger partial charge is 0.496 e. The van der Waals surface area contributed by atoms with Gasteiger partial charge in [-0.25, -0.2) is 4.98 Å². The third kappa shape index (κ3) is 3.31. The van der Waals surface area contributed by atoms with Crippen LogP contribution in [0.1, 0.15) is 11.1 Å². The molecule has 0 amide bonds. The van der Waals surface area contributed by atoms with Crippen molar-refractivity contribution in [3.63, 3.8) is 0 Å². The van der Waals surface area contributed by atoms with Crippen LogP contribution in [-0.4, -0.2) is 12.1 Å². The van der Waals surface area contributed by atoms with Gasteiger partial charge in [-0.15, -0.1) is 0 Å². The van der Waals surface area contributed by atoms with Crippen molar-refractivity contribution in [1.29, 1.82) is 0 Å². The molecule has 3 aromatic rings. The van der Waals surface area contributed by atoms with E-state index in [1.54, 1.807) is 0 Å². The van der Waals surface area contributed by atoms with Crippen molar-refractivity contribution < 1.29 is 31.1 Å². The predicted molar refractivity (Wildman–Crippen MR) is 83.7 cm³/mol. The number of ether oxygens (including phenoxy) is 1. The number of methoxy groups -OCH3 is 1. The van der Waals surface area contributed by atoms with Crippen LogP contribution in [0.15, 0.2) is 48.5 Å². The van der Waals surface area contributed by atoms with E-state index in [1.165, 1.54) is 25.3 Å². The molecule has 0 unspecified atom stereocenters. The Morgan fingerprint density at radius 3 is 2.04 bits per heavy atom. The van der Waals surface area contributed by atoms with Gasteiger partial charge in [-0.3, -0.25) is 0 Å². The van der Waals surface area contributed by atoms with Crippen LogP contribution in [0.3, 0.4) is 0 Å². The lowest BCUT2D eigenvalue weighted by Crippen LogP contribution is -2.07. The zero-order valence-electron chi connectivity index (χ0n) is 13.2. The van der Waals surface area contributed by atoms with Gasteiger partial charge >= 0.3 is 12.4 Å². The summed E-state index contributed by atoms with van der Waals surface area (Å²) in [5.41, 5.74) is -1.80. The minimum atomic E-state index is -4.63. The van der Waals surface area contributed by atoms with Gasteiger partial charge in [0.1, 0.15) is 5.75 Å². The van der Waals surface area contributed by atoms with Gasteiger partial charge in [0.25, 0.3) is 0 Å². The number of alkyl halides is 6. The Balaban J connectivity index is 2.21. The summed E-state index contributed by atoms with van der Waals surface area (Å²) in [4.78, 5) is 4.03. The van der Waals surface area contributed by atoms with E-state index in [0.29, 0.717) is 0 Å². The molecular weight excluding hydrogens is 360 g/mol. The van der Waals surface area contributed by atoms with Crippen molar-refractivity contribution in [2.75, 3.05) is 7.11 Å². The van der Waals surface area contributed by atoms with Gasteiger partial charge in [-0.05, 0) is 24.3 Å². The van der Waals surface area contributed by atoms with Gasteiger partial charge in [-0.1, -0.05) is 18.2 Å². The molecule has 2 nitrogen and oxygen atoms in total. The zero-order valence-corrected chi connectivity index (χ0v) is 13.2. The number of aromatic nitrogens is 1. The van der Waals surface area contributed by atoms with E-state index in [-0.39, 0.29) is 27.9 Å². The van der Waals surface area contributed by atoms with Gasteiger partial charge in [0.15, 0.2) is 0 Å². The minimum absolute atomic E-state index is 0.0831. The number of fused-ring (bicyclic) bond motifs is 1. The van der Waals surface area contributed by atoms with Crippen molar-refractivity contribution in [1.82, 2.24) is 4.98 Å². The molecule has 0 saturated carbocycles. The highest BCUT2D eigenvalue weighted by Gasteiger charge is 2.34. The first kappa shape index (κ1) is 18.0. The molecule has 0 spiro atoms. The molecule has 0 N–H and O–H groups in total. The van der Waals surface area contributed by atoms with Crippen LogP contribution in [0.2, 0.25) is 0 Å². The second-order valence-corrected chi connectivity index (χ2v) is 5.48. The van der Waals surface area contributed by atoms with Gasteiger partial charge < -0.3 is 4.74 Å². The molecule has 2 aromatic carbocycles. The molecule has 8 heteroatoms. The lowest BCUT2D eigenvalue weighted by atomic mass is 10.0. The maximum Gasteiger partial charge on any atom is 0.418 e. The number of nitrogens with zero attached hydrogens (tertiary/aromatic N) is 1. The third-order valence-corrected chi connectivity index (χ3v) is 3.83. The first-order chi connectivity index (χ1) is 12.1. The number of hydrogen-bond acceptors (Lipinski definition) is 2. The fourth-order valence-electron chi connectivity index (χ4n) is 2.59. The highest BCUT2D eigenvalue weighted by molar-refractivity contribution is 5.90. The monoisotopic (exact) mass is 371 g/mol. The third-order valence-electron chi connectivity index (χ3n) is 3.83. The van der Waals surface area contributed by atoms with Crippen LogP contribution in [-0.2, 0) is 12.4 Å². The average Bonchev–Trinajstić information content (AvgIpc) is 2.58. The molecule has 0 fully saturated rings. The van der Waals surface area contributed by atoms with Crippen LogP contribution in [0.5, 0.6) is 5.75 Å². The Kier molecular flexibility index (Phi) is 4.29. The van der Waals surface area contributed by atoms with E-state index < -0.39 is 23.5 Å². The number of halogens is 6. The molecule has 0 aliphatic heterocycles. The topological polar surface area (TPSA) is 22.1 Å². The number of rotatable bonds is 2. The summed E-state index contributed by atoms with van der Waals surface area (Å²) < 4.78 is 83.0. The average molecular weight is 371 g/mol. The normalized spacial score (nSPS) is 12.4. The quantitative estimate of drug-likeness (QED) is 0.520. The SMILES string of the molecule is COc1cc(-c2ccc(C(F)(F)F)cc2)nc2c(C(F)(F)F)cccc12. The Morgan fingerprint density at radius 2 is 1.50 bits per heavy atom. The van der Waals surface area contributed by atoms with E-state index in [4.69, 9.17) is 4.74 Å². The molecule has 1 heterocycles. The van der Waals surface area contributed by atoms with Crippen LogP contribution in [0.4, 0.5) is 26.3 Å². The van der Waals surface area contributed by atoms with Gasteiger partial charge in [-0.2, -0.15) is 26.3 Å². The zero-order chi connectivity index (χ0) is 19.1. The maximum absolute atomic E-state index is 13.3. The smallest absolute Gasteiger partial charge is 0.418 e. The van der Waals surface area contributed by atoms with E-state index in [2.05, 4.69) is 4.98 Å². The summed E-state index contributed by atoms with van der Waals surface area (Å²) in [5, 5.41) is 0.165. The lowest BCUT2D eigenvalue weighted by molar-refractivity contribution is -0.138. The number of benzene rings is 2. The minimum Gasteiger partial charge on any atom is -0.496 e. The first-order valence-corrected chi connectivity index (χ1v) is 7.34. The van der Waals surface area contributed by atoms with E-state index in [1.807, 2.05) is 0 Å². The molecule has 0 saturated heterocycles. The second-order valence-electron chi connectivity index (χ2n) is 5.48. The van der Waals surface area contributed by atoms with Crippen LogP contribution in [0.25, 0.3) is 22.2 Å².